The molecule has 1 aromatic heterocycles. The Hall–Kier alpha value is -3.25. The van der Waals surface area contributed by atoms with Crippen LogP contribution in [-0.4, -0.2) is 35.9 Å². The molecule has 0 aliphatic heterocycles. The molecule has 1 heterocycles. The van der Waals surface area contributed by atoms with Gasteiger partial charge in [-0.05, 0) is 35.7 Å². The van der Waals surface area contributed by atoms with Gasteiger partial charge in [-0.3, -0.25) is 9.59 Å². The van der Waals surface area contributed by atoms with Gasteiger partial charge in [-0.15, -0.1) is 0 Å². The third-order valence-electron chi connectivity index (χ3n) is 4.76. The van der Waals surface area contributed by atoms with Gasteiger partial charge in [-0.25, -0.2) is 4.68 Å². The van der Waals surface area contributed by atoms with E-state index in [0.717, 1.165) is 24.0 Å². The van der Waals surface area contributed by atoms with Crippen molar-refractivity contribution in [2.45, 2.75) is 26.3 Å². The van der Waals surface area contributed by atoms with Crippen molar-refractivity contribution in [1.29, 1.82) is 0 Å². The zero-order chi connectivity index (χ0) is 21.3. The number of nitrogens with one attached hydrogen (secondary N) is 1. The van der Waals surface area contributed by atoms with Crippen LogP contribution in [0.4, 0.5) is 0 Å². The van der Waals surface area contributed by atoms with Gasteiger partial charge in [-0.1, -0.05) is 49.7 Å². The summed E-state index contributed by atoms with van der Waals surface area (Å²) in [5, 5.41) is 7.33. The highest BCUT2D eigenvalue weighted by Gasteiger charge is 2.08. The van der Waals surface area contributed by atoms with Gasteiger partial charge in [0, 0.05) is 30.8 Å². The number of amides is 1. The number of hydrogen-bond donors (Lipinski definition) is 1. The van der Waals surface area contributed by atoms with Crippen LogP contribution in [0.15, 0.2) is 65.5 Å². The molecule has 0 bridgehead atoms. The first-order valence-corrected chi connectivity index (χ1v) is 10.1. The molecule has 30 heavy (non-hydrogen) atoms. The number of benzene rings is 2. The number of hydrogen-bond acceptors (Lipinski definition) is 4. The Kier molecular flexibility index (Phi) is 7.51. The van der Waals surface area contributed by atoms with E-state index in [9.17, 15) is 9.59 Å². The summed E-state index contributed by atoms with van der Waals surface area (Å²) in [6.07, 6.45) is 2.10. The Bertz CT molecular complexity index is 1040. The average molecular weight is 405 g/mol. The fraction of sp³-hybridized carbons (Fsp3) is 0.292. The Morgan fingerprint density at radius 3 is 2.57 bits per heavy atom. The van der Waals surface area contributed by atoms with Crippen molar-refractivity contribution in [3.63, 3.8) is 0 Å². The molecule has 0 atom stereocenters. The van der Waals surface area contributed by atoms with Crippen LogP contribution in [0.25, 0.3) is 11.3 Å². The SMILES string of the molecule is CCCc1cccc(Cn2nc(-c3ccc(C(=O)NCCOC)cc3)ccc2=O)c1. The van der Waals surface area contributed by atoms with E-state index in [1.165, 1.54) is 16.3 Å². The molecule has 0 saturated carbocycles. The van der Waals surface area contributed by atoms with E-state index in [2.05, 4.69) is 29.5 Å². The molecule has 6 nitrogen and oxygen atoms in total. The first-order valence-electron chi connectivity index (χ1n) is 10.1. The summed E-state index contributed by atoms with van der Waals surface area (Å²) in [7, 11) is 1.59. The summed E-state index contributed by atoms with van der Waals surface area (Å²) in [5.74, 6) is -0.150. The van der Waals surface area contributed by atoms with Crippen molar-refractivity contribution in [2.24, 2.45) is 0 Å². The van der Waals surface area contributed by atoms with Crippen molar-refractivity contribution in [3.8, 4) is 11.3 Å². The lowest BCUT2D eigenvalue weighted by Crippen LogP contribution is -2.26. The number of ether oxygens (including phenoxy) is 1. The molecule has 0 saturated heterocycles. The summed E-state index contributed by atoms with van der Waals surface area (Å²) in [5.41, 5.74) is 4.27. The summed E-state index contributed by atoms with van der Waals surface area (Å²) < 4.78 is 6.41. The number of aryl methyl sites for hydroxylation is 1. The summed E-state index contributed by atoms with van der Waals surface area (Å²) in [6.45, 7) is 3.50. The van der Waals surface area contributed by atoms with Gasteiger partial charge in [-0.2, -0.15) is 5.10 Å². The molecule has 156 valence electrons. The highest BCUT2D eigenvalue weighted by atomic mass is 16.5. The summed E-state index contributed by atoms with van der Waals surface area (Å²) >= 11 is 0. The smallest absolute Gasteiger partial charge is 0.267 e. The third-order valence-corrected chi connectivity index (χ3v) is 4.76. The second-order valence-corrected chi connectivity index (χ2v) is 7.11. The van der Waals surface area contributed by atoms with Crippen LogP contribution < -0.4 is 10.9 Å². The van der Waals surface area contributed by atoms with Gasteiger partial charge < -0.3 is 10.1 Å². The molecular formula is C24H27N3O3. The molecule has 0 spiro atoms. The van der Waals surface area contributed by atoms with Crippen LogP contribution >= 0.6 is 0 Å². The minimum atomic E-state index is -0.150. The number of rotatable bonds is 9. The highest BCUT2D eigenvalue weighted by Crippen LogP contribution is 2.17. The van der Waals surface area contributed by atoms with E-state index in [-0.39, 0.29) is 11.5 Å². The summed E-state index contributed by atoms with van der Waals surface area (Å²) in [6, 6.07) is 18.7. The second-order valence-electron chi connectivity index (χ2n) is 7.11. The monoisotopic (exact) mass is 405 g/mol. The maximum atomic E-state index is 12.3. The van der Waals surface area contributed by atoms with Crippen molar-refractivity contribution < 1.29 is 9.53 Å². The van der Waals surface area contributed by atoms with Gasteiger partial charge >= 0.3 is 0 Å². The molecule has 0 radical (unpaired) electrons. The quantitative estimate of drug-likeness (QED) is 0.555. The highest BCUT2D eigenvalue weighted by molar-refractivity contribution is 5.94. The van der Waals surface area contributed by atoms with E-state index in [4.69, 9.17) is 4.74 Å². The van der Waals surface area contributed by atoms with Crippen molar-refractivity contribution in [3.05, 3.63) is 87.7 Å². The van der Waals surface area contributed by atoms with Crippen LogP contribution in [-0.2, 0) is 17.7 Å². The van der Waals surface area contributed by atoms with Crippen molar-refractivity contribution >= 4 is 5.91 Å². The van der Waals surface area contributed by atoms with Gasteiger partial charge in [0.15, 0.2) is 0 Å². The van der Waals surface area contributed by atoms with Gasteiger partial charge in [0.05, 0.1) is 18.8 Å². The molecule has 1 N–H and O–H groups in total. The van der Waals surface area contributed by atoms with Gasteiger partial charge in [0.2, 0.25) is 0 Å². The Balaban J connectivity index is 1.77. The maximum absolute atomic E-state index is 12.3. The lowest BCUT2D eigenvalue weighted by molar-refractivity contribution is 0.0937. The molecule has 0 fully saturated rings. The maximum Gasteiger partial charge on any atom is 0.267 e. The van der Waals surface area contributed by atoms with E-state index in [0.29, 0.717) is 31.0 Å². The van der Waals surface area contributed by atoms with Crippen LogP contribution in [0.1, 0.15) is 34.8 Å². The number of carbonyl (C=O) groups excluding carboxylic acids is 1. The molecular weight excluding hydrogens is 378 g/mol. The Labute approximate surface area is 176 Å². The first-order chi connectivity index (χ1) is 14.6. The third kappa shape index (κ3) is 5.64. The predicted molar refractivity (Wildman–Crippen MR) is 118 cm³/mol. The lowest BCUT2D eigenvalue weighted by atomic mass is 10.1. The largest absolute Gasteiger partial charge is 0.383 e. The fourth-order valence-corrected chi connectivity index (χ4v) is 3.22. The number of methoxy groups -OCH3 is 1. The topological polar surface area (TPSA) is 73.2 Å². The van der Waals surface area contributed by atoms with E-state index < -0.39 is 0 Å². The average Bonchev–Trinajstić information content (AvgIpc) is 2.76. The van der Waals surface area contributed by atoms with E-state index >= 15 is 0 Å². The standard InChI is InChI=1S/C24H27N3O3/c1-3-5-18-6-4-7-19(16-18)17-27-23(28)13-12-22(26-27)20-8-10-21(11-9-20)24(29)25-14-15-30-2/h4,6-13,16H,3,5,14-15,17H2,1-2H3,(H,25,29). The van der Waals surface area contributed by atoms with Crippen molar-refractivity contribution in [1.82, 2.24) is 15.1 Å². The molecule has 0 unspecified atom stereocenters. The Morgan fingerprint density at radius 2 is 1.83 bits per heavy atom. The number of nitrogens with zero attached hydrogens (tertiary/aromatic N) is 2. The molecule has 3 rings (SSSR count). The van der Waals surface area contributed by atoms with Gasteiger partial charge in [0.1, 0.15) is 0 Å². The first kappa shape index (κ1) is 21.5. The van der Waals surface area contributed by atoms with Crippen molar-refractivity contribution in [2.75, 3.05) is 20.3 Å². The minimum absolute atomic E-state index is 0.145. The second kappa shape index (κ2) is 10.5. The zero-order valence-corrected chi connectivity index (χ0v) is 17.4. The molecule has 1 amide bonds. The van der Waals surface area contributed by atoms with Crippen LogP contribution in [0.3, 0.4) is 0 Å². The van der Waals surface area contributed by atoms with E-state index in [1.54, 1.807) is 25.3 Å². The number of aromatic nitrogens is 2. The predicted octanol–water partition coefficient (Wildman–Crippen LogP) is 3.29. The Morgan fingerprint density at radius 1 is 1.07 bits per heavy atom. The molecule has 0 aliphatic rings. The molecule has 3 aromatic rings. The van der Waals surface area contributed by atoms with Crippen LogP contribution in [0, 0.1) is 0 Å². The normalized spacial score (nSPS) is 10.7. The minimum Gasteiger partial charge on any atom is -0.383 e. The molecule has 6 heteroatoms. The lowest BCUT2D eigenvalue weighted by Gasteiger charge is -2.09. The fourth-order valence-electron chi connectivity index (χ4n) is 3.22. The van der Waals surface area contributed by atoms with Crippen LogP contribution in [0.2, 0.25) is 0 Å². The van der Waals surface area contributed by atoms with Gasteiger partial charge in [0.25, 0.3) is 11.5 Å². The summed E-state index contributed by atoms with van der Waals surface area (Å²) in [4.78, 5) is 24.4. The number of carbonyl (C=O) groups is 1. The zero-order valence-electron chi connectivity index (χ0n) is 17.4. The molecule has 2 aromatic carbocycles. The molecule has 0 aliphatic carbocycles. The van der Waals surface area contributed by atoms with E-state index in [1.807, 2.05) is 24.3 Å². The van der Waals surface area contributed by atoms with Crippen LogP contribution in [0.5, 0.6) is 0 Å².